The Labute approximate surface area is 108 Å². The van der Waals surface area contributed by atoms with Crippen LogP contribution in [0.5, 0.6) is 5.75 Å². The number of nitro benzene ring substituents is 1. The summed E-state index contributed by atoms with van der Waals surface area (Å²) in [6.07, 6.45) is 1.79. The van der Waals surface area contributed by atoms with Crippen molar-refractivity contribution in [2.75, 3.05) is 11.1 Å². The molecule has 0 saturated carbocycles. The first-order valence-corrected chi connectivity index (χ1v) is 6.52. The van der Waals surface area contributed by atoms with Crippen LogP contribution in [0, 0.1) is 10.1 Å². The topological polar surface area (TPSA) is 92.5 Å². The molecule has 1 unspecified atom stereocenters. The second kappa shape index (κ2) is 5.26. The van der Waals surface area contributed by atoms with Gasteiger partial charge in [0.25, 0.3) is 5.69 Å². The monoisotopic (exact) mass is 268 g/mol. The molecule has 0 aliphatic carbocycles. The third kappa shape index (κ3) is 2.73. The SMILES string of the molecule is O=C(Nc1cc([N+](=O)[O-])ccc1O)C1CCCS1. The Kier molecular flexibility index (Phi) is 3.71. The molecule has 1 atom stereocenters. The lowest BCUT2D eigenvalue weighted by atomic mass is 10.2. The van der Waals surface area contributed by atoms with Gasteiger partial charge in [0.2, 0.25) is 5.91 Å². The average molecular weight is 268 g/mol. The molecule has 0 aromatic heterocycles. The van der Waals surface area contributed by atoms with E-state index in [2.05, 4.69) is 5.32 Å². The van der Waals surface area contributed by atoms with Gasteiger partial charge in [-0.15, -0.1) is 11.8 Å². The van der Waals surface area contributed by atoms with Gasteiger partial charge in [0.1, 0.15) is 5.75 Å². The second-order valence-electron chi connectivity index (χ2n) is 3.95. The third-order valence-electron chi connectivity index (χ3n) is 2.67. The van der Waals surface area contributed by atoms with Crippen LogP contribution in [-0.2, 0) is 4.79 Å². The lowest BCUT2D eigenvalue weighted by Gasteiger charge is -2.10. The van der Waals surface area contributed by atoms with Crippen molar-refractivity contribution in [2.24, 2.45) is 0 Å². The summed E-state index contributed by atoms with van der Waals surface area (Å²) in [6, 6.07) is 3.55. The summed E-state index contributed by atoms with van der Waals surface area (Å²) < 4.78 is 0. The molecular weight excluding hydrogens is 256 g/mol. The number of benzene rings is 1. The Morgan fingerprint density at radius 3 is 2.94 bits per heavy atom. The summed E-state index contributed by atoms with van der Waals surface area (Å²) in [6.45, 7) is 0. The summed E-state index contributed by atoms with van der Waals surface area (Å²) in [5.74, 6) is 0.559. The first kappa shape index (κ1) is 12.7. The van der Waals surface area contributed by atoms with E-state index in [4.69, 9.17) is 0 Å². The predicted molar refractivity (Wildman–Crippen MR) is 68.9 cm³/mol. The molecule has 0 radical (unpaired) electrons. The molecule has 1 aromatic carbocycles. The molecule has 0 bridgehead atoms. The fourth-order valence-corrected chi connectivity index (χ4v) is 2.90. The third-order valence-corrected chi connectivity index (χ3v) is 4.05. The van der Waals surface area contributed by atoms with Crippen LogP contribution in [0.2, 0.25) is 0 Å². The maximum atomic E-state index is 11.8. The quantitative estimate of drug-likeness (QED) is 0.497. The van der Waals surface area contributed by atoms with E-state index in [-0.39, 0.29) is 28.3 Å². The van der Waals surface area contributed by atoms with Gasteiger partial charge in [-0.05, 0) is 24.7 Å². The highest BCUT2D eigenvalue weighted by molar-refractivity contribution is 8.00. The lowest BCUT2D eigenvalue weighted by molar-refractivity contribution is -0.384. The number of hydrogen-bond acceptors (Lipinski definition) is 5. The molecule has 6 nitrogen and oxygen atoms in total. The molecule has 0 spiro atoms. The van der Waals surface area contributed by atoms with E-state index in [0.29, 0.717) is 0 Å². The normalized spacial score (nSPS) is 18.6. The molecule has 1 aliphatic rings. The maximum absolute atomic E-state index is 11.8. The number of anilines is 1. The zero-order valence-electron chi connectivity index (χ0n) is 9.46. The Balaban J connectivity index is 2.14. The number of aromatic hydroxyl groups is 1. The van der Waals surface area contributed by atoms with Gasteiger partial charge in [-0.25, -0.2) is 0 Å². The first-order valence-electron chi connectivity index (χ1n) is 5.48. The van der Waals surface area contributed by atoms with Crippen molar-refractivity contribution < 1.29 is 14.8 Å². The summed E-state index contributed by atoms with van der Waals surface area (Å²) in [5, 5.41) is 22.6. The Bertz CT molecular complexity index is 486. The maximum Gasteiger partial charge on any atom is 0.271 e. The highest BCUT2D eigenvalue weighted by Crippen LogP contribution is 2.31. The molecule has 1 fully saturated rings. The highest BCUT2D eigenvalue weighted by Gasteiger charge is 2.24. The minimum absolute atomic E-state index is 0.0849. The van der Waals surface area contributed by atoms with E-state index < -0.39 is 4.92 Å². The Hall–Kier alpha value is -1.76. The molecular formula is C11H12N2O4S. The summed E-state index contributed by atoms with van der Waals surface area (Å²) in [4.78, 5) is 21.9. The first-order chi connectivity index (χ1) is 8.58. The number of phenols is 1. The van der Waals surface area contributed by atoms with Crippen LogP contribution in [-0.4, -0.2) is 26.9 Å². The average Bonchev–Trinajstić information content (AvgIpc) is 2.85. The number of phenolic OH excluding ortho intramolecular Hbond substituents is 1. The predicted octanol–water partition coefficient (Wildman–Crippen LogP) is 2.13. The number of hydrogen-bond donors (Lipinski definition) is 2. The van der Waals surface area contributed by atoms with E-state index >= 15 is 0 Å². The van der Waals surface area contributed by atoms with E-state index in [9.17, 15) is 20.0 Å². The fraction of sp³-hybridized carbons (Fsp3) is 0.364. The number of nitrogens with zero attached hydrogens (tertiary/aromatic N) is 1. The van der Waals surface area contributed by atoms with Crippen molar-refractivity contribution >= 4 is 29.0 Å². The molecule has 1 saturated heterocycles. The van der Waals surface area contributed by atoms with E-state index in [0.717, 1.165) is 24.7 Å². The van der Waals surface area contributed by atoms with E-state index in [1.54, 1.807) is 11.8 Å². The molecule has 18 heavy (non-hydrogen) atoms. The fourth-order valence-electron chi connectivity index (χ4n) is 1.74. The van der Waals surface area contributed by atoms with Crippen LogP contribution in [0.4, 0.5) is 11.4 Å². The highest BCUT2D eigenvalue weighted by atomic mass is 32.2. The van der Waals surface area contributed by atoms with Crippen molar-refractivity contribution in [2.45, 2.75) is 18.1 Å². The van der Waals surface area contributed by atoms with Crippen molar-refractivity contribution in [1.82, 2.24) is 0 Å². The van der Waals surface area contributed by atoms with E-state index in [1.165, 1.54) is 12.1 Å². The molecule has 1 heterocycles. The number of amides is 1. The zero-order valence-corrected chi connectivity index (χ0v) is 10.3. The lowest BCUT2D eigenvalue weighted by Crippen LogP contribution is -2.22. The van der Waals surface area contributed by atoms with Crippen LogP contribution in [0.1, 0.15) is 12.8 Å². The smallest absolute Gasteiger partial charge is 0.271 e. The van der Waals surface area contributed by atoms with Crippen LogP contribution in [0.25, 0.3) is 0 Å². The summed E-state index contributed by atoms with van der Waals surface area (Å²) in [7, 11) is 0. The molecule has 96 valence electrons. The van der Waals surface area contributed by atoms with Crippen molar-refractivity contribution in [3.8, 4) is 5.75 Å². The van der Waals surface area contributed by atoms with Gasteiger partial charge in [-0.2, -0.15) is 0 Å². The minimum Gasteiger partial charge on any atom is -0.506 e. The van der Waals surface area contributed by atoms with Gasteiger partial charge in [-0.3, -0.25) is 14.9 Å². The van der Waals surface area contributed by atoms with Crippen LogP contribution in [0.3, 0.4) is 0 Å². The molecule has 2 rings (SSSR count). The van der Waals surface area contributed by atoms with Gasteiger partial charge < -0.3 is 10.4 Å². The van der Waals surface area contributed by atoms with E-state index in [1.807, 2.05) is 0 Å². The van der Waals surface area contributed by atoms with Gasteiger partial charge in [-0.1, -0.05) is 0 Å². The van der Waals surface area contributed by atoms with Crippen LogP contribution >= 0.6 is 11.8 Å². The number of nitrogens with one attached hydrogen (secondary N) is 1. The van der Waals surface area contributed by atoms with Crippen LogP contribution in [0.15, 0.2) is 18.2 Å². The Morgan fingerprint density at radius 1 is 1.56 bits per heavy atom. The van der Waals surface area contributed by atoms with Crippen molar-refractivity contribution in [3.63, 3.8) is 0 Å². The second-order valence-corrected chi connectivity index (χ2v) is 5.26. The molecule has 1 aliphatic heterocycles. The Morgan fingerprint density at radius 2 is 2.33 bits per heavy atom. The zero-order chi connectivity index (χ0) is 13.1. The standard InChI is InChI=1S/C11H12N2O4S/c14-9-4-3-7(13(16)17)6-8(9)12-11(15)10-2-1-5-18-10/h3-4,6,10,14H,1-2,5H2,(H,12,15). The number of thioether (sulfide) groups is 1. The largest absolute Gasteiger partial charge is 0.506 e. The number of rotatable bonds is 3. The number of carbonyl (C=O) groups excluding carboxylic acids is 1. The number of non-ortho nitro benzene ring substituents is 1. The van der Waals surface area contributed by atoms with Gasteiger partial charge in [0.05, 0.1) is 15.9 Å². The molecule has 1 aromatic rings. The summed E-state index contributed by atoms with van der Waals surface area (Å²) >= 11 is 1.56. The minimum atomic E-state index is -0.570. The van der Waals surface area contributed by atoms with Gasteiger partial charge in [0, 0.05) is 12.1 Å². The number of nitro groups is 1. The summed E-state index contributed by atoms with van der Waals surface area (Å²) in [5.41, 5.74) is -0.0797. The molecule has 1 amide bonds. The van der Waals surface area contributed by atoms with Crippen LogP contribution < -0.4 is 5.32 Å². The van der Waals surface area contributed by atoms with Crippen molar-refractivity contribution in [1.29, 1.82) is 0 Å². The number of carbonyl (C=O) groups is 1. The molecule has 2 N–H and O–H groups in total. The van der Waals surface area contributed by atoms with Gasteiger partial charge in [0.15, 0.2) is 0 Å². The molecule has 7 heteroatoms. The van der Waals surface area contributed by atoms with Crippen molar-refractivity contribution in [3.05, 3.63) is 28.3 Å². The van der Waals surface area contributed by atoms with Gasteiger partial charge >= 0.3 is 0 Å².